The molecule has 0 aliphatic carbocycles. The summed E-state index contributed by atoms with van der Waals surface area (Å²) in [5.41, 5.74) is 0.430. The highest BCUT2D eigenvalue weighted by Crippen LogP contribution is 2.17. The molecule has 5 heteroatoms. The molecule has 0 aliphatic rings. The molecule has 0 radical (unpaired) electrons. The Balaban J connectivity index is 2.06. The van der Waals surface area contributed by atoms with Gasteiger partial charge in [0.25, 0.3) is 0 Å². The number of hydrogen-bond donors (Lipinski definition) is 0. The van der Waals surface area contributed by atoms with Crippen LogP contribution in [0.3, 0.4) is 0 Å². The number of Topliss-reactive ketones (excluding diaryl/α,β-unsaturated/α-hetero) is 1. The number of rotatable bonds is 4. The molecule has 1 heterocycles. The van der Waals surface area contributed by atoms with Gasteiger partial charge in [0.2, 0.25) is 5.78 Å². The Hall–Kier alpha value is -1.94. The van der Waals surface area contributed by atoms with Crippen LogP contribution in [0.2, 0.25) is 5.02 Å². The van der Waals surface area contributed by atoms with Gasteiger partial charge in [0.05, 0.1) is 5.56 Å². The maximum atomic E-state index is 12.0. The van der Waals surface area contributed by atoms with Gasteiger partial charge >= 0.3 is 0 Å². The van der Waals surface area contributed by atoms with Gasteiger partial charge in [-0.2, -0.15) is 0 Å². The molecule has 0 spiro atoms. The standard InChI is InChI=1S/C13H11ClN2O2/c1-9(13(17)10-6-15-8-16-7-10)18-12-4-2-11(14)3-5-12/h2-9H,1H3. The molecular formula is C13H11ClN2O2. The number of carbonyl (C=O) groups is 1. The number of ether oxygens (including phenoxy) is 1. The van der Waals surface area contributed by atoms with Crippen LogP contribution < -0.4 is 4.74 Å². The number of carbonyl (C=O) groups excluding carboxylic acids is 1. The highest BCUT2D eigenvalue weighted by atomic mass is 35.5. The Morgan fingerprint density at radius 3 is 2.44 bits per heavy atom. The van der Waals surface area contributed by atoms with E-state index in [-0.39, 0.29) is 5.78 Å². The minimum Gasteiger partial charge on any atom is -0.483 e. The van der Waals surface area contributed by atoms with Gasteiger partial charge in [-0.05, 0) is 31.2 Å². The Morgan fingerprint density at radius 1 is 1.22 bits per heavy atom. The van der Waals surface area contributed by atoms with Gasteiger partial charge < -0.3 is 4.74 Å². The van der Waals surface area contributed by atoms with Crippen molar-refractivity contribution in [3.05, 3.63) is 53.6 Å². The second-order valence-electron chi connectivity index (χ2n) is 3.71. The van der Waals surface area contributed by atoms with Gasteiger partial charge in [-0.1, -0.05) is 11.6 Å². The fourth-order valence-corrected chi connectivity index (χ4v) is 1.56. The van der Waals surface area contributed by atoms with Crippen molar-refractivity contribution in [3.8, 4) is 5.75 Å². The molecule has 1 aromatic heterocycles. The van der Waals surface area contributed by atoms with Gasteiger partial charge in [-0.15, -0.1) is 0 Å². The SMILES string of the molecule is CC(Oc1ccc(Cl)cc1)C(=O)c1cncnc1. The van der Waals surface area contributed by atoms with Crippen LogP contribution in [0.1, 0.15) is 17.3 Å². The molecule has 92 valence electrons. The van der Waals surface area contributed by atoms with Crippen LogP contribution in [0, 0.1) is 0 Å². The highest BCUT2D eigenvalue weighted by Gasteiger charge is 2.17. The minimum atomic E-state index is -0.600. The lowest BCUT2D eigenvalue weighted by Gasteiger charge is -2.13. The summed E-state index contributed by atoms with van der Waals surface area (Å²) in [6, 6.07) is 6.85. The molecule has 0 fully saturated rings. The summed E-state index contributed by atoms with van der Waals surface area (Å²) in [6.45, 7) is 1.68. The normalized spacial score (nSPS) is 11.9. The Labute approximate surface area is 110 Å². The predicted molar refractivity (Wildman–Crippen MR) is 67.9 cm³/mol. The fourth-order valence-electron chi connectivity index (χ4n) is 1.43. The summed E-state index contributed by atoms with van der Waals surface area (Å²) in [6.07, 6.45) is 3.72. The van der Waals surface area contributed by atoms with Crippen molar-refractivity contribution in [1.29, 1.82) is 0 Å². The second kappa shape index (κ2) is 5.60. The molecule has 2 aromatic rings. The maximum absolute atomic E-state index is 12.0. The first-order valence-electron chi connectivity index (χ1n) is 5.38. The topological polar surface area (TPSA) is 52.1 Å². The quantitative estimate of drug-likeness (QED) is 0.795. The fraction of sp³-hybridized carbons (Fsp3) is 0.154. The van der Waals surface area contributed by atoms with Crippen molar-refractivity contribution < 1.29 is 9.53 Å². The van der Waals surface area contributed by atoms with E-state index in [4.69, 9.17) is 16.3 Å². The molecule has 18 heavy (non-hydrogen) atoms. The zero-order chi connectivity index (χ0) is 13.0. The van der Waals surface area contributed by atoms with E-state index in [1.807, 2.05) is 0 Å². The van der Waals surface area contributed by atoms with Crippen molar-refractivity contribution >= 4 is 17.4 Å². The molecule has 0 saturated carbocycles. The van der Waals surface area contributed by atoms with Crippen molar-refractivity contribution in [3.63, 3.8) is 0 Å². The molecule has 0 amide bonds. The molecule has 0 N–H and O–H groups in total. The maximum Gasteiger partial charge on any atom is 0.206 e. The third-order valence-electron chi connectivity index (χ3n) is 2.34. The summed E-state index contributed by atoms with van der Waals surface area (Å²) < 4.78 is 5.52. The first-order valence-corrected chi connectivity index (χ1v) is 5.76. The summed E-state index contributed by atoms with van der Waals surface area (Å²) in [5.74, 6) is 0.433. The average Bonchev–Trinajstić information content (AvgIpc) is 2.41. The number of aromatic nitrogens is 2. The number of hydrogen-bond acceptors (Lipinski definition) is 4. The van der Waals surface area contributed by atoms with Gasteiger partial charge in [-0.3, -0.25) is 4.79 Å². The number of nitrogens with zero attached hydrogens (tertiary/aromatic N) is 2. The van der Waals surface area contributed by atoms with Crippen LogP contribution in [0.15, 0.2) is 43.0 Å². The van der Waals surface area contributed by atoms with Crippen LogP contribution in [0.4, 0.5) is 0 Å². The van der Waals surface area contributed by atoms with Gasteiger partial charge in [-0.25, -0.2) is 9.97 Å². The second-order valence-corrected chi connectivity index (χ2v) is 4.14. The molecule has 1 atom stereocenters. The highest BCUT2D eigenvalue weighted by molar-refractivity contribution is 6.30. The predicted octanol–water partition coefficient (Wildman–Crippen LogP) is 2.78. The van der Waals surface area contributed by atoms with Crippen LogP contribution in [0.5, 0.6) is 5.75 Å². The molecule has 4 nitrogen and oxygen atoms in total. The van der Waals surface area contributed by atoms with Crippen molar-refractivity contribution in [2.75, 3.05) is 0 Å². The Morgan fingerprint density at radius 2 is 1.83 bits per heavy atom. The summed E-state index contributed by atoms with van der Waals surface area (Å²) >= 11 is 5.77. The van der Waals surface area contributed by atoms with E-state index < -0.39 is 6.10 Å². The van der Waals surface area contributed by atoms with E-state index in [2.05, 4.69) is 9.97 Å². The summed E-state index contributed by atoms with van der Waals surface area (Å²) in [4.78, 5) is 19.6. The van der Waals surface area contributed by atoms with Crippen LogP contribution in [-0.4, -0.2) is 21.9 Å². The minimum absolute atomic E-state index is 0.162. The van der Waals surface area contributed by atoms with Crippen molar-refractivity contribution in [1.82, 2.24) is 9.97 Å². The number of halogens is 1. The molecule has 0 saturated heterocycles. The van der Waals surface area contributed by atoms with Gasteiger partial charge in [0.1, 0.15) is 12.1 Å². The lowest BCUT2D eigenvalue weighted by atomic mass is 10.1. The van der Waals surface area contributed by atoms with Crippen molar-refractivity contribution in [2.24, 2.45) is 0 Å². The zero-order valence-corrected chi connectivity index (χ0v) is 10.5. The molecule has 0 aliphatic heterocycles. The first kappa shape index (κ1) is 12.5. The van der Waals surface area contributed by atoms with Gasteiger partial charge in [0, 0.05) is 17.4 Å². The van der Waals surface area contributed by atoms with E-state index in [1.54, 1.807) is 31.2 Å². The van der Waals surface area contributed by atoms with E-state index >= 15 is 0 Å². The van der Waals surface area contributed by atoms with Crippen molar-refractivity contribution in [2.45, 2.75) is 13.0 Å². The molecule has 1 aromatic carbocycles. The number of ketones is 1. The Kier molecular flexibility index (Phi) is 3.89. The molecule has 2 rings (SSSR count). The van der Waals surface area contributed by atoms with E-state index in [1.165, 1.54) is 18.7 Å². The Bertz CT molecular complexity index is 528. The summed E-state index contributed by atoms with van der Waals surface area (Å²) in [5, 5.41) is 0.623. The lowest BCUT2D eigenvalue weighted by Crippen LogP contribution is -2.24. The van der Waals surface area contributed by atoms with Crippen LogP contribution >= 0.6 is 11.6 Å². The summed E-state index contributed by atoms with van der Waals surface area (Å²) in [7, 11) is 0. The van der Waals surface area contributed by atoms with E-state index in [0.29, 0.717) is 16.3 Å². The number of benzene rings is 1. The molecular weight excluding hydrogens is 252 g/mol. The van der Waals surface area contributed by atoms with Gasteiger partial charge in [0.15, 0.2) is 6.10 Å². The third-order valence-corrected chi connectivity index (χ3v) is 2.59. The smallest absolute Gasteiger partial charge is 0.206 e. The van der Waals surface area contributed by atoms with Crippen LogP contribution in [0.25, 0.3) is 0 Å². The van der Waals surface area contributed by atoms with E-state index in [9.17, 15) is 4.79 Å². The third kappa shape index (κ3) is 3.05. The lowest BCUT2D eigenvalue weighted by molar-refractivity contribution is 0.0817. The molecule has 0 bridgehead atoms. The first-order chi connectivity index (χ1) is 8.66. The van der Waals surface area contributed by atoms with Crippen LogP contribution in [-0.2, 0) is 0 Å². The largest absolute Gasteiger partial charge is 0.483 e. The average molecular weight is 263 g/mol. The molecule has 1 unspecified atom stereocenters. The zero-order valence-electron chi connectivity index (χ0n) is 9.71. The monoisotopic (exact) mass is 262 g/mol. The van der Waals surface area contributed by atoms with E-state index in [0.717, 1.165) is 0 Å².